The number of hydrogen-bond acceptors (Lipinski definition) is 5. The largest absolute Gasteiger partial charge is 0.405 e. The van der Waals surface area contributed by atoms with Crippen LogP contribution in [-0.2, 0) is 0 Å². The molecule has 0 aliphatic rings. The molecule has 1 N–H and O–H groups in total. The highest BCUT2D eigenvalue weighted by atomic mass is 32.1. The predicted molar refractivity (Wildman–Crippen MR) is 60.9 cm³/mol. The van der Waals surface area contributed by atoms with Gasteiger partial charge in [0.25, 0.3) is 0 Å². The van der Waals surface area contributed by atoms with Crippen LogP contribution in [0.2, 0.25) is 0 Å². The van der Waals surface area contributed by atoms with Gasteiger partial charge in [-0.15, -0.1) is 11.3 Å². The summed E-state index contributed by atoms with van der Waals surface area (Å²) in [5.74, 6) is 0. The molecule has 0 radical (unpaired) electrons. The highest BCUT2D eigenvalue weighted by Gasteiger charge is 2.33. The lowest BCUT2D eigenvalue weighted by molar-refractivity contribution is -0.383. The van der Waals surface area contributed by atoms with E-state index in [1.807, 2.05) is 0 Å². The minimum Gasteiger partial charge on any atom is -0.388 e. The van der Waals surface area contributed by atoms with Crippen LogP contribution in [0.25, 0.3) is 0 Å². The number of anilines is 1. The minimum absolute atomic E-state index is 0.117. The van der Waals surface area contributed by atoms with Crippen molar-refractivity contribution in [3.8, 4) is 0 Å². The van der Waals surface area contributed by atoms with Gasteiger partial charge in [-0.3, -0.25) is 10.1 Å². The monoisotopic (exact) mass is 284 g/mol. The third kappa shape index (κ3) is 3.57. The van der Waals surface area contributed by atoms with Crippen molar-refractivity contribution in [2.45, 2.75) is 19.2 Å². The molecule has 0 bridgehead atoms. The number of thiophene rings is 1. The summed E-state index contributed by atoms with van der Waals surface area (Å²) in [6.45, 7) is 0.108. The summed E-state index contributed by atoms with van der Waals surface area (Å²) < 4.78 is 36.7. The van der Waals surface area contributed by atoms with Crippen molar-refractivity contribution in [3.05, 3.63) is 21.1 Å². The second kappa shape index (κ2) is 5.11. The Labute approximate surface area is 105 Å². The molecule has 0 saturated carbocycles. The van der Waals surface area contributed by atoms with Gasteiger partial charge in [-0.05, 0) is 6.92 Å². The minimum atomic E-state index is -4.45. The summed E-state index contributed by atoms with van der Waals surface area (Å²) in [6.07, 6.45) is -5.40. The maximum absolute atomic E-state index is 12.2. The highest BCUT2D eigenvalue weighted by Crippen LogP contribution is 2.40. The van der Waals surface area contributed by atoms with Crippen molar-refractivity contribution < 1.29 is 23.2 Å². The quantitative estimate of drug-likeness (QED) is 0.682. The summed E-state index contributed by atoms with van der Waals surface area (Å²) in [7, 11) is 1.12. The van der Waals surface area contributed by atoms with Crippen molar-refractivity contribution >= 4 is 22.0 Å². The third-order valence-corrected chi connectivity index (χ3v) is 3.49. The summed E-state index contributed by atoms with van der Waals surface area (Å²) in [5.41, 5.74) is -0.428. The number of halogens is 3. The van der Waals surface area contributed by atoms with Crippen molar-refractivity contribution in [2.75, 3.05) is 18.5 Å². The molecule has 9 heteroatoms. The van der Waals surface area contributed by atoms with Gasteiger partial charge in [0.2, 0.25) is 0 Å². The van der Waals surface area contributed by atoms with Crippen LogP contribution in [0.4, 0.5) is 23.9 Å². The van der Waals surface area contributed by atoms with Crippen molar-refractivity contribution in [2.24, 2.45) is 0 Å². The topological polar surface area (TPSA) is 66.6 Å². The zero-order chi connectivity index (χ0) is 14.1. The Kier molecular flexibility index (Phi) is 4.17. The van der Waals surface area contributed by atoms with Gasteiger partial charge < -0.3 is 10.0 Å². The molecule has 102 valence electrons. The Balaban J connectivity index is 3.10. The van der Waals surface area contributed by atoms with Gasteiger partial charge in [-0.2, -0.15) is 13.2 Å². The Bertz CT molecular complexity index is 445. The second-order valence-electron chi connectivity index (χ2n) is 3.74. The highest BCUT2D eigenvalue weighted by molar-refractivity contribution is 7.16. The van der Waals surface area contributed by atoms with E-state index in [0.29, 0.717) is 0 Å². The van der Waals surface area contributed by atoms with Crippen LogP contribution in [0.3, 0.4) is 0 Å². The fourth-order valence-electron chi connectivity index (χ4n) is 1.34. The zero-order valence-corrected chi connectivity index (χ0v) is 10.4. The summed E-state index contributed by atoms with van der Waals surface area (Å²) >= 11 is 0.779. The molecule has 0 aliphatic carbocycles. The molecular formula is C9H11F3N2O3S. The van der Waals surface area contributed by atoms with E-state index in [1.54, 1.807) is 0 Å². The SMILES string of the molecule is C[C@H](O)c1cc([N+](=O)[O-])c(N(C)CC(F)(F)F)s1. The van der Waals surface area contributed by atoms with E-state index in [9.17, 15) is 28.4 Å². The first-order chi connectivity index (χ1) is 8.11. The number of hydrogen-bond donors (Lipinski definition) is 1. The molecule has 1 atom stereocenters. The summed E-state index contributed by atoms with van der Waals surface area (Å²) in [5, 5.41) is 19.9. The van der Waals surface area contributed by atoms with Crippen LogP contribution in [0, 0.1) is 10.1 Å². The number of aliphatic hydroxyl groups excluding tert-OH is 1. The molecule has 5 nitrogen and oxygen atoms in total. The van der Waals surface area contributed by atoms with Crippen LogP contribution in [-0.4, -0.2) is 29.8 Å². The molecule has 1 heterocycles. The van der Waals surface area contributed by atoms with E-state index in [0.717, 1.165) is 29.4 Å². The normalized spacial score (nSPS) is 13.4. The smallest absolute Gasteiger partial charge is 0.388 e. The summed E-state index contributed by atoms with van der Waals surface area (Å²) in [4.78, 5) is 11.0. The van der Waals surface area contributed by atoms with Crippen molar-refractivity contribution in [1.82, 2.24) is 0 Å². The van der Waals surface area contributed by atoms with Gasteiger partial charge in [0.05, 0.1) is 11.0 Å². The zero-order valence-electron chi connectivity index (χ0n) is 9.56. The van der Waals surface area contributed by atoms with Gasteiger partial charge in [0.1, 0.15) is 6.54 Å². The van der Waals surface area contributed by atoms with Gasteiger partial charge in [-0.1, -0.05) is 0 Å². The van der Waals surface area contributed by atoms with Crippen LogP contribution < -0.4 is 4.90 Å². The van der Waals surface area contributed by atoms with E-state index < -0.39 is 29.4 Å². The molecule has 0 spiro atoms. The average Bonchev–Trinajstić information content (AvgIpc) is 2.58. The fraction of sp³-hybridized carbons (Fsp3) is 0.556. The van der Waals surface area contributed by atoms with E-state index in [2.05, 4.69) is 0 Å². The first kappa shape index (κ1) is 14.7. The predicted octanol–water partition coefficient (Wildman–Crippen LogP) is 2.71. The standard InChI is InChI=1S/C9H11F3N2O3S/c1-5(15)7-3-6(14(16)17)8(18-7)13(2)4-9(10,11)12/h3,5,15H,4H2,1-2H3/t5-/m0/s1. The van der Waals surface area contributed by atoms with E-state index >= 15 is 0 Å². The number of nitrogens with zero attached hydrogens (tertiary/aromatic N) is 2. The van der Waals surface area contributed by atoms with Crippen LogP contribution in [0.1, 0.15) is 17.9 Å². The third-order valence-electron chi connectivity index (χ3n) is 2.08. The molecule has 18 heavy (non-hydrogen) atoms. The summed E-state index contributed by atoms with van der Waals surface area (Å²) in [6, 6.07) is 1.09. The molecule has 1 aromatic rings. The van der Waals surface area contributed by atoms with E-state index in [4.69, 9.17) is 0 Å². The van der Waals surface area contributed by atoms with Crippen molar-refractivity contribution in [3.63, 3.8) is 0 Å². The van der Waals surface area contributed by atoms with Gasteiger partial charge in [0.15, 0.2) is 5.00 Å². The molecule has 0 saturated heterocycles. The van der Waals surface area contributed by atoms with Gasteiger partial charge in [-0.25, -0.2) is 0 Å². The molecule has 1 rings (SSSR count). The average molecular weight is 284 g/mol. The number of alkyl halides is 3. The van der Waals surface area contributed by atoms with Crippen LogP contribution >= 0.6 is 11.3 Å². The molecule has 0 fully saturated rings. The lowest BCUT2D eigenvalue weighted by Gasteiger charge is -2.18. The molecule has 0 aromatic carbocycles. The Morgan fingerprint density at radius 1 is 1.61 bits per heavy atom. The van der Waals surface area contributed by atoms with Gasteiger partial charge in [0, 0.05) is 18.0 Å². The molecule has 0 aliphatic heterocycles. The fourth-order valence-corrected chi connectivity index (χ4v) is 2.36. The van der Waals surface area contributed by atoms with Crippen LogP contribution in [0.5, 0.6) is 0 Å². The molecule has 1 aromatic heterocycles. The van der Waals surface area contributed by atoms with Crippen LogP contribution in [0.15, 0.2) is 6.07 Å². The maximum Gasteiger partial charge on any atom is 0.405 e. The van der Waals surface area contributed by atoms with Gasteiger partial charge >= 0.3 is 11.9 Å². The lowest BCUT2D eigenvalue weighted by Crippen LogP contribution is -2.30. The number of aliphatic hydroxyl groups is 1. The second-order valence-corrected chi connectivity index (χ2v) is 4.81. The Morgan fingerprint density at radius 3 is 2.56 bits per heavy atom. The lowest BCUT2D eigenvalue weighted by atomic mass is 10.3. The molecular weight excluding hydrogens is 273 g/mol. The van der Waals surface area contributed by atoms with E-state index in [-0.39, 0.29) is 9.88 Å². The first-order valence-corrected chi connectivity index (χ1v) is 5.67. The Hall–Kier alpha value is -1.35. The molecule has 0 unspecified atom stereocenters. The molecule has 0 amide bonds. The van der Waals surface area contributed by atoms with E-state index in [1.165, 1.54) is 6.92 Å². The number of nitro groups is 1. The Morgan fingerprint density at radius 2 is 2.17 bits per heavy atom. The number of rotatable bonds is 4. The first-order valence-electron chi connectivity index (χ1n) is 4.86. The van der Waals surface area contributed by atoms with Crippen molar-refractivity contribution in [1.29, 1.82) is 0 Å². The maximum atomic E-state index is 12.2.